The van der Waals surface area contributed by atoms with Crippen LogP contribution < -0.4 is 10.5 Å². The quantitative estimate of drug-likeness (QED) is 0.784. The van der Waals surface area contributed by atoms with Crippen LogP contribution in [0.3, 0.4) is 0 Å². The monoisotopic (exact) mass is 216 g/mol. The van der Waals surface area contributed by atoms with Crippen LogP contribution in [0.15, 0.2) is 5.38 Å². The highest BCUT2D eigenvalue weighted by Crippen LogP contribution is 2.22. The predicted octanol–water partition coefficient (Wildman–Crippen LogP) is 1.58. The van der Waals surface area contributed by atoms with Crippen molar-refractivity contribution in [1.82, 2.24) is 4.98 Å². The zero-order valence-electron chi connectivity index (χ0n) is 8.53. The standard InChI is InChI=1S/C9H16N2O2S/c1-3-13-9-11-8(6-14-9)7(10)4-5-12-2/h6-7H,3-5,10H2,1-2H3. The Bertz CT molecular complexity index is 265. The minimum atomic E-state index is -0.0552. The lowest BCUT2D eigenvalue weighted by Crippen LogP contribution is -2.13. The van der Waals surface area contributed by atoms with Crippen LogP contribution in [0.5, 0.6) is 5.19 Å². The Labute approximate surface area is 88.0 Å². The summed E-state index contributed by atoms with van der Waals surface area (Å²) < 4.78 is 10.2. The first-order valence-corrected chi connectivity index (χ1v) is 5.48. The molecule has 0 amide bonds. The van der Waals surface area contributed by atoms with Crippen LogP contribution in [0.4, 0.5) is 0 Å². The third-order valence-electron chi connectivity index (χ3n) is 1.78. The lowest BCUT2D eigenvalue weighted by atomic mass is 10.2. The van der Waals surface area contributed by atoms with Gasteiger partial charge in [0.1, 0.15) is 0 Å². The van der Waals surface area contributed by atoms with Gasteiger partial charge in [0.25, 0.3) is 5.19 Å². The number of nitrogens with zero attached hydrogens (tertiary/aromatic N) is 1. The summed E-state index contributed by atoms with van der Waals surface area (Å²) in [5, 5.41) is 2.63. The van der Waals surface area contributed by atoms with Crippen molar-refractivity contribution in [2.24, 2.45) is 5.73 Å². The predicted molar refractivity (Wildman–Crippen MR) is 56.7 cm³/mol. The van der Waals surface area contributed by atoms with Gasteiger partial charge in [0.15, 0.2) is 0 Å². The second-order valence-corrected chi connectivity index (χ2v) is 3.68. The maximum absolute atomic E-state index is 5.90. The summed E-state index contributed by atoms with van der Waals surface area (Å²) in [5.41, 5.74) is 6.78. The van der Waals surface area contributed by atoms with E-state index in [1.54, 1.807) is 7.11 Å². The molecule has 0 fully saturated rings. The summed E-state index contributed by atoms with van der Waals surface area (Å²) in [4.78, 5) is 4.27. The molecular formula is C9H16N2O2S. The highest BCUT2D eigenvalue weighted by molar-refractivity contribution is 7.11. The van der Waals surface area contributed by atoms with Crippen molar-refractivity contribution in [2.75, 3.05) is 20.3 Å². The number of hydrogen-bond donors (Lipinski definition) is 1. The molecule has 80 valence electrons. The van der Waals surface area contributed by atoms with Crippen LogP contribution in [0.1, 0.15) is 25.1 Å². The molecule has 0 saturated carbocycles. The van der Waals surface area contributed by atoms with Crippen LogP contribution in [0.2, 0.25) is 0 Å². The molecule has 5 heteroatoms. The van der Waals surface area contributed by atoms with Gasteiger partial charge >= 0.3 is 0 Å². The summed E-state index contributed by atoms with van der Waals surface area (Å²) in [6.45, 7) is 3.23. The van der Waals surface area contributed by atoms with Crippen molar-refractivity contribution in [2.45, 2.75) is 19.4 Å². The molecular weight excluding hydrogens is 200 g/mol. The van der Waals surface area contributed by atoms with Crippen molar-refractivity contribution in [3.63, 3.8) is 0 Å². The molecule has 0 aromatic carbocycles. The van der Waals surface area contributed by atoms with E-state index >= 15 is 0 Å². The van der Waals surface area contributed by atoms with E-state index in [-0.39, 0.29) is 6.04 Å². The first-order chi connectivity index (χ1) is 6.77. The van der Waals surface area contributed by atoms with E-state index in [9.17, 15) is 0 Å². The average Bonchev–Trinajstić information content (AvgIpc) is 2.63. The van der Waals surface area contributed by atoms with Gasteiger partial charge in [-0.05, 0) is 13.3 Å². The van der Waals surface area contributed by atoms with Crippen molar-refractivity contribution >= 4 is 11.3 Å². The van der Waals surface area contributed by atoms with E-state index < -0.39 is 0 Å². The fourth-order valence-corrected chi connectivity index (χ4v) is 1.81. The number of nitrogens with two attached hydrogens (primary N) is 1. The molecule has 0 saturated heterocycles. The van der Waals surface area contributed by atoms with Gasteiger partial charge in [-0.3, -0.25) is 0 Å². The molecule has 0 radical (unpaired) electrons. The van der Waals surface area contributed by atoms with Gasteiger partial charge < -0.3 is 15.2 Å². The smallest absolute Gasteiger partial charge is 0.273 e. The van der Waals surface area contributed by atoms with Gasteiger partial charge in [-0.15, -0.1) is 0 Å². The fourth-order valence-electron chi connectivity index (χ4n) is 1.02. The molecule has 1 aromatic rings. The summed E-state index contributed by atoms with van der Waals surface area (Å²) in [6, 6.07) is -0.0552. The zero-order valence-corrected chi connectivity index (χ0v) is 9.34. The van der Waals surface area contributed by atoms with Gasteiger partial charge in [0.05, 0.1) is 18.3 Å². The average molecular weight is 216 g/mol. The Morgan fingerprint density at radius 2 is 2.43 bits per heavy atom. The maximum atomic E-state index is 5.90. The molecule has 2 N–H and O–H groups in total. The van der Waals surface area contributed by atoms with Crippen LogP contribution in [-0.2, 0) is 4.74 Å². The maximum Gasteiger partial charge on any atom is 0.273 e. The van der Waals surface area contributed by atoms with Crippen LogP contribution in [0, 0.1) is 0 Å². The Kier molecular flexibility index (Phi) is 4.86. The zero-order chi connectivity index (χ0) is 10.4. The second-order valence-electron chi connectivity index (χ2n) is 2.86. The van der Waals surface area contributed by atoms with Gasteiger partial charge in [0.2, 0.25) is 0 Å². The third-order valence-corrected chi connectivity index (χ3v) is 2.55. The molecule has 0 bridgehead atoms. The van der Waals surface area contributed by atoms with Gasteiger partial charge in [-0.1, -0.05) is 11.3 Å². The van der Waals surface area contributed by atoms with Crippen molar-refractivity contribution < 1.29 is 9.47 Å². The van der Waals surface area contributed by atoms with Gasteiger partial charge in [-0.25, -0.2) is 4.98 Å². The lowest BCUT2D eigenvalue weighted by molar-refractivity contribution is 0.187. The molecule has 0 aliphatic rings. The molecule has 0 aliphatic carbocycles. The van der Waals surface area contributed by atoms with Gasteiger partial charge in [0, 0.05) is 19.1 Å². The van der Waals surface area contributed by atoms with Crippen molar-refractivity contribution in [3.8, 4) is 5.19 Å². The summed E-state index contributed by atoms with van der Waals surface area (Å²) in [5.74, 6) is 0. The van der Waals surface area contributed by atoms with Gasteiger partial charge in [-0.2, -0.15) is 0 Å². The number of thiazole rings is 1. The van der Waals surface area contributed by atoms with Crippen molar-refractivity contribution in [1.29, 1.82) is 0 Å². The molecule has 0 aliphatic heterocycles. The minimum absolute atomic E-state index is 0.0552. The first kappa shape index (κ1) is 11.4. The molecule has 1 atom stereocenters. The molecule has 1 rings (SSSR count). The van der Waals surface area contributed by atoms with E-state index in [4.69, 9.17) is 15.2 Å². The molecule has 4 nitrogen and oxygen atoms in total. The van der Waals surface area contributed by atoms with E-state index in [2.05, 4.69) is 4.98 Å². The fraction of sp³-hybridized carbons (Fsp3) is 0.667. The first-order valence-electron chi connectivity index (χ1n) is 4.60. The Morgan fingerprint density at radius 1 is 1.64 bits per heavy atom. The van der Waals surface area contributed by atoms with Crippen LogP contribution >= 0.6 is 11.3 Å². The summed E-state index contributed by atoms with van der Waals surface area (Å²) >= 11 is 1.48. The van der Waals surface area contributed by atoms with E-state index in [1.165, 1.54) is 11.3 Å². The number of methoxy groups -OCH3 is 1. The van der Waals surface area contributed by atoms with Crippen LogP contribution in [0.25, 0.3) is 0 Å². The highest BCUT2D eigenvalue weighted by atomic mass is 32.1. The van der Waals surface area contributed by atoms with E-state index in [0.717, 1.165) is 12.1 Å². The second kappa shape index (κ2) is 5.95. The summed E-state index contributed by atoms with van der Waals surface area (Å²) in [6.07, 6.45) is 0.784. The third kappa shape index (κ3) is 3.25. The molecule has 0 spiro atoms. The Balaban J connectivity index is 2.48. The van der Waals surface area contributed by atoms with E-state index in [1.807, 2.05) is 12.3 Å². The Hall–Kier alpha value is -0.650. The Morgan fingerprint density at radius 3 is 3.07 bits per heavy atom. The molecule has 1 unspecified atom stereocenters. The highest BCUT2D eigenvalue weighted by Gasteiger charge is 2.10. The normalized spacial score (nSPS) is 12.8. The topological polar surface area (TPSA) is 57.4 Å². The number of rotatable bonds is 6. The number of hydrogen-bond acceptors (Lipinski definition) is 5. The summed E-state index contributed by atoms with van der Waals surface area (Å²) in [7, 11) is 1.67. The minimum Gasteiger partial charge on any atom is -0.470 e. The number of aromatic nitrogens is 1. The van der Waals surface area contributed by atoms with Crippen molar-refractivity contribution in [3.05, 3.63) is 11.1 Å². The number of ether oxygens (including phenoxy) is 2. The molecule has 14 heavy (non-hydrogen) atoms. The van der Waals surface area contributed by atoms with Crippen LogP contribution in [-0.4, -0.2) is 25.3 Å². The molecule has 1 aromatic heterocycles. The SMILES string of the molecule is CCOc1nc(C(N)CCOC)cs1. The largest absolute Gasteiger partial charge is 0.470 e. The molecule has 1 heterocycles. The van der Waals surface area contributed by atoms with E-state index in [0.29, 0.717) is 18.4 Å². The lowest BCUT2D eigenvalue weighted by Gasteiger charge is -2.06.